The summed E-state index contributed by atoms with van der Waals surface area (Å²) in [5, 5.41) is 3.89. The molecule has 0 aromatic heterocycles. The lowest BCUT2D eigenvalue weighted by atomic mass is 9.84. The molecule has 2 atom stereocenters. The Morgan fingerprint density at radius 3 is 2.37 bits per heavy atom. The van der Waals surface area contributed by atoms with Gasteiger partial charge >= 0.3 is 0 Å². The van der Waals surface area contributed by atoms with Gasteiger partial charge in [-0.1, -0.05) is 26.2 Å². The van der Waals surface area contributed by atoms with E-state index in [0.29, 0.717) is 0 Å². The standard InChI is InChI=1S/C17H32N2/c1-14-9-17(18-10-15-5-2-3-6-15)13-19(11-14)12-16-7-4-8-16/h14-18H,2-13H2,1H3. The van der Waals surface area contributed by atoms with E-state index in [1.54, 1.807) is 0 Å². The van der Waals surface area contributed by atoms with Crippen LogP contribution in [0.5, 0.6) is 0 Å². The maximum atomic E-state index is 3.89. The topological polar surface area (TPSA) is 15.3 Å². The highest BCUT2D eigenvalue weighted by molar-refractivity contribution is 4.85. The van der Waals surface area contributed by atoms with Gasteiger partial charge < -0.3 is 10.2 Å². The molecule has 3 rings (SSSR count). The zero-order valence-corrected chi connectivity index (χ0v) is 12.7. The summed E-state index contributed by atoms with van der Waals surface area (Å²) >= 11 is 0. The molecule has 1 saturated heterocycles. The van der Waals surface area contributed by atoms with Crippen LogP contribution in [0.1, 0.15) is 58.3 Å². The second-order valence-electron chi connectivity index (χ2n) is 7.61. The molecule has 2 heteroatoms. The number of rotatable bonds is 5. The van der Waals surface area contributed by atoms with Gasteiger partial charge in [0.2, 0.25) is 0 Å². The van der Waals surface area contributed by atoms with Crippen LogP contribution < -0.4 is 5.32 Å². The molecule has 0 radical (unpaired) electrons. The third-order valence-corrected chi connectivity index (χ3v) is 5.65. The Morgan fingerprint density at radius 2 is 1.68 bits per heavy atom. The molecule has 2 unspecified atom stereocenters. The molecule has 1 N–H and O–H groups in total. The quantitative estimate of drug-likeness (QED) is 0.820. The average molecular weight is 264 g/mol. The van der Waals surface area contributed by atoms with E-state index in [2.05, 4.69) is 17.1 Å². The Kier molecular flexibility index (Phi) is 4.81. The summed E-state index contributed by atoms with van der Waals surface area (Å²) in [6.07, 6.45) is 11.8. The van der Waals surface area contributed by atoms with Crippen molar-refractivity contribution in [2.24, 2.45) is 17.8 Å². The summed E-state index contributed by atoms with van der Waals surface area (Å²) in [5.41, 5.74) is 0. The van der Waals surface area contributed by atoms with Crippen LogP contribution >= 0.6 is 0 Å². The predicted molar refractivity (Wildman–Crippen MR) is 81.3 cm³/mol. The van der Waals surface area contributed by atoms with Gasteiger partial charge in [0.25, 0.3) is 0 Å². The van der Waals surface area contributed by atoms with Crippen LogP contribution in [0.15, 0.2) is 0 Å². The molecule has 0 amide bonds. The minimum Gasteiger partial charge on any atom is -0.312 e. The Bertz CT molecular complexity index is 268. The van der Waals surface area contributed by atoms with Crippen LogP contribution in [-0.2, 0) is 0 Å². The van der Waals surface area contributed by atoms with E-state index in [4.69, 9.17) is 0 Å². The lowest BCUT2D eigenvalue weighted by Gasteiger charge is -2.40. The maximum absolute atomic E-state index is 3.89. The zero-order valence-electron chi connectivity index (χ0n) is 12.7. The normalized spacial score (nSPS) is 34.6. The zero-order chi connectivity index (χ0) is 13.1. The fourth-order valence-corrected chi connectivity index (χ4v) is 4.35. The van der Waals surface area contributed by atoms with Crippen molar-refractivity contribution < 1.29 is 0 Å². The van der Waals surface area contributed by atoms with Crippen molar-refractivity contribution in [1.29, 1.82) is 0 Å². The van der Waals surface area contributed by atoms with E-state index >= 15 is 0 Å². The second-order valence-corrected chi connectivity index (χ2v) is 7.61. The van der Waals surface area contributed by atoms with Gasteiger partial charge in [-0.25, -0.2) is 0 Å². The summed E-state index contributed by atoms with van der Waals surface area (Å²) in [6, 6.07) is 0.768. The van der Waals surface area contributed by atoms with Crippen molar-refractivity contribution in [3.8, 4) is 0 Å². The van der Waals surface area contributed by atoms with Crippen LogP contribution in [0.2, 0.25) is 0 Å². The van der Waals surface area contributed by atoms with Crippen molar-refractivity contribution in [1.82, 2.24) is 10.2 Å². The Labute approximate surface area is 119 Å². The Hall–Kier alpha value is -0.0800. The highest BCUT2D eigenvalue weighted by Gasteiger charge is 2.28. The van der Waals surface area contributed by atoms with Gasteiger partial charge in [-0.3, -0.25) is 0 Å². The van der Waals surface area contributed by atoms with Crippen LogP contribution in [0.25, 0.3) is 0 Å². The maximum Gasteiger partial charge on any atom is 0.0198 e. The first-order chi connectivity index (χ1) is 9.29. The third-order valence-electron chi connectivity index (χ3n) is 5.65. The first-order valence-corrected chi connectivity index (χ1v) is 8.75. The Balaban J connectivity index is 1.41. The molecule has 2 aliphatic carbocycles. The molecule has 2 saturated carbocycles. The van der Waals surface area contributed by atoms with E-state index in [1.807, 2.05) is 0 Å². The monoisotopic (exact) mass is 264 g/mol. The molecule has 2 nitrogen and oxygen atoms in total. The van der Waals surface area contributed by atoms with E-state index in [9.17, 15) is 0 Å². The molecular formula is C17H32N2. The number of hydrogen-bond donors (Lipinski definition) is 1. The number of nitrogens with one attached hydrogen (secondary N) is 1. The van der Waals surface area contributed by atoms with Crippen molar-refractivity contribution in [2.45, 2.75) is 64.3 Å². The molecule has 110 valence electrons. The first kappa shape index (κ1) is 13.9. The smallest absolute Gasteiger partial charge is 0.0198 e. The van der Waals surface area contributed by atoms with Crippen molar-refractivity contribution in [2.75, 3.05) is 26.2 Å². The first-order valence-electron chi connectivity index (χ1n) is 8.75. The molecule has 3 fully saturated rings. The molecule has 19 heavy (non-hydrogen) atoms. The minimum absolute atomic E-state index is 0.768. The van der Waals surface area contributed by atoms with E-state index in [0.717, 1.165) is 23.8 Å². The summed E-state index contributed by atoms with van der Waals surface area (Å²) in [4.78, 5) is 2.75. The highest BCUT2D eigenvalue weighted by atomic mass is 15.2. The van der Waals surface area contributed by atoms with Gasteiger partial charge in [-0.2, -0.15) is 0 Å². The molecule has 1 heterocycles. The van der Waals surface area contributed by atoms with Gasteiger partial charge in [0.15, 0.2) is 0 Å². The Morgan fingerprint density at radius 1 is 0.947 bits per heavy atom. The molecule has 3 aliphatic rings. The van der Waals surface area contributed by atoms with Crippen LogP contribution in [0.4, 0.5) is 0 Å². The summed E-state index contributed by atoms with van der Waals surface area (Å²) in [5.74, 6) is 2.90. The lowest BCUT2D eigenvalue weighted by Crippen LogP contribution is -2.51. The van der Waals surface area contributed by atoms with Crippen molar-refractivity contribution >= 4 is 0 Å². The second kappa shape index (κ2) is 6.58. The van der Waals surface area contributed by atoms with Gasteiger partial charge in [0, 0.05) is 25.7 Å². The number of hydrogen-bond acceptors (Lipinski definition) is 2. The van der Waals surface area contributed by atoms with E-state index in [1.165, 1.54) is 77.5 Å². The number of piperidine rings is 1. The molecule has 0 spiro atoms. The van der Waals surface area contributed by atoms with Crippen LogP contribution in [0.3, 0.4) is 0 Å². The number of likely N-dealkylation sites (tertiary alicyclic amines) is 1. The molecule has 0 aromatic carbocycles. The molecule has 1 aliphatic heterocycles. The molecule has 0 aromatic rings. The fourth-order valence-electron chi connectivity index (χ4n) is 4.35. The average Bonchev–Trinajstić information content (AvgIpc) is 2.84. The van der Waals surface area contributed by atoms with E-state index in [-0.39, 0.29) is 0 Å². The van der Waals surface area contributed by atoms with Gasteiger partial charge in [0.1, 0.15) is 0 Å². The van der Waals surface area contributed by atoms with Gasteiger partial charge in [-0.05, 0) is 56.4 Å². The SMILES string of the molecule is CC1CC(NCC2CCCC2)CN(CC2CCC2)C1. The lowest BCUT2D eigenvalue weighted by molar-refractivity contribution is 0.106. The summed E-state index contributed by atoms with van der Waals surface area (Å²) in [7, 11) is 0. The third kappa shape index (κ3) is 3.95. The largest absolute Gasteiger partial charge is 0.312 e. The fraction of sp³-hybridized carbons (Fsp3) is 1.00. The summed E-state index contributed by atoms with van der Waals surface area (Å²) < 4.78 is 0. The minimum atomic E-state index is 0.768. The van der Waals surface area contributed by atoms with Crippen molar-refractivity contribution in [3.63, 3.8) is 0 Å². The van der Waals surface area contributed by atoms with E-state index < -0.39 is 0 Å². The summed E-state index contributed by atoms with van der Waals surface area (Å²) in [6.45, 7) is 7.77. The number of nitrogens with zero attached hydrogens (tertiary/aromatic N) is 1. The van der Waals surface area contributed by atoms with Crippen molar-refractivity contribution in [3.05, 3.63) is 0 Å². The van der Waals surface area contributed by atoms with Crippen LogP contribution in [-0.4, -0.2) is 37.1 Å². The highest BCUT2D eigenvalue weighted by Crippen LogP contribution is 2.29. The van der Waals surface area contributed by atoms with Gasteiger partial charge in [-0.15, -0.1) is 0 Å². The van der Waals surface area contributed by atoms with Crippen LogP contribution in [0, 0.1) is 17.8 Å². The molecule has 0 bridgehead atoms. The molecular weight excluding hydrogens is 232 g/mol. The predicted octanol–water partition coefficient (Wildman–Crippen LogP) is 3.28. The van der Waals surface area contributed by atoms with Gasteiger partial charge in [0.05, 0.1) is 0 Å².